The lowest BCUT2D eigenvalue weighted by Crippen LogP contribution is -2.37. The predicted molar refractivity (Wildman–Crippen MR) is 99.5 cm³/mol. The third-order valence-electron chi connectivity index (χ3n) is 4.38. The first kappa shape index (κ1) is 18.7. The highest BCUT2D eigenvalue weighted by molar-refractivity contribution is 6.34. The zero-order valence-corrected chi connectivity index (χ0v) is 15.4. The molecule has 0 unspecified atom stereocenters. The minimum atomic E-state index is -0.902. The highest BCUT2D eigenvalue weighted by Gasteiger charge is 2.41. The number of ether oxygens (including phenoxy) is 2. The van der Waals surface area contributed by atoms with Crippen molar-refractivity contribution in [1.82, 2.24) is 4.90 Å². The van der Waals surface area contributed by atoms with Crippen LogP contribution in [0.2, 0.25) is 5.02 Å². The van der Waals surface area contributed by atoms with E-state index in [9.17, 15) is 24.5 Å². The number of anilines is 1. The molecule has 1 N–H and O–H groups in total. The summed E-state index contributed by atoms with van der Waals surface area (Å²) in [6.45, 7) is 0.0883. The molecule has 0 aromatic heterocycles. The van der Waals surface area contributed by atoms with E-state index in [1.807, 2.05) is 0 Å². The number of nitrogens with zero attached hydrogens (tertiary/aromatic N) is 2. The van der Waals surface area contributed by atoms with Gasteiger partial charge in [-0.15, -0.1) is 0 Å². The quantitative estimate of drug-likeness (QED) is 0.459. The Balaban J connectivity index is 1.54. The molecule has 148 valence electrons. The van der Waals surface area contributed by atoms with Crippen LogP contribution in [0.3, 0.4) is 0 Å². The number of nitro groups is 1. The van der Waals surface area contributed by atoms with Crippen LogP contribution in [-0.2, 0) is 4.79 Å². The molecule has 0 spiro atoms. The lowest BCUT2D eigenvalue weighted by Gasteiger charge is -2.20. The van der Waals surface area contributed by atoms with Gasteiger partial charge in [0.1, 0.15) is 25.3 Å². The normalized spacial score (nSPS) is 14.6. The van der Waals surface area contributed by atoms with Crippen LogP contribution in [0.5, 0.6) is 11.5 Å². The number of hydrogen-bond acceptors (Lipinski definition) is 7. The average Bonchev–Trinajstić information content (AvgIpc) is 2.93. The van der Waals surface area contributed by atoms with Gasteiger partial charge in [0.2, 0.25) is 5.91 Å². The fourth-order valence-corrected chi connectivity index (χ4v) is 3.31. The average molecular weight is 418 g/mol. The van der Waals surface area contributed by atoms with Gasteiger partial charge in [0, 0.05) is 18.2 Å². The molecule has 0 radical (unpaired) electrons. The lowest BCUT2D eigenvalue weighted by atomic mass is 10.1. The molecule has 0 bridgehead atoms. The number of hydrogen-bond donors (Lipinski definition) is 1. The van der Waals surface area contributed by atoms with Gasteiger partial charge in [-0.2, -0.15) is 0 Å². The Hall–Kier alpha value is -3.66. The molecule has 0 saturated carbocycles. The Morgan fingerprint density at radius 2 is 1.86 bits per heavy atom. The number of nitro benzene ring substituents is 1. The van der Waals surface area contributed by atoms with Crippen molar-refractivity contribution in [1.29, 1.82) is 0 Å². The second-order valence-corrected chi connectivity index (χ2v) is 6.58. The molecule has 11 heteroatoms. The zero-order chi connectivity index (χ0) is 20.7. The lowest BCUT2D eigenvalue weighted by molar-refractivity contribution is -0.385. The molecule has 2 aromatic rings. The van der Waals surface area contributed by atoms with E-state index in [0.717, 1.165) is 6.07 Å². The molecule has 0 aliphatic carbocycles. The molecule has 4 rings (SSSR count). The summed E-state index contributed by atoms with van der Waals surface area (Å²) in [5.41, 5.74) is -0.718. The highest BCUT2D eigenvalue weighted by atomic mass is 35.5. The summed E-state index contributed by atoms with van der Waals surface area (Å²) in [5, 5.41) is 13.8. The number of amides is 3. The van der Waals surface area contributed by atoms with Crippen LogP contribution in [0.25, 0.3) is 0 Å². The van der Waals surface area contributed by atoms with Crippen LogP contribution >= 0.6 is 11.6 Å². The van der Waals surface area contributed by atoms with Gasteiger partial charge < -0.3 is 14.8 Å². The number of benzene rings is 2. The minimum absolute atomic E-state index is 0.116. The summed E-state index contributed by atoms with van der Waals surface area (Å²) in [4.78, 5) is 48.5. The number of nitrogens with one attached hydrogen (secondary N) is 1. The van der Waals surface area contributed by atoms with Gasteiger partial charge in [0.05, 0.1) is 21.2 Å². The topological polar surface area (TPSA) is 128 Å². The molecule has 2 aromatic carbocycles. The van der Waals surface area contributed by atoms with Gasteiger partial charge in [0.15, 0.2) is 11.5 Å². The Morgan fingerprint density at radius 1 is 1.17 bits per heavy atom. The van der Waals surface area contributed by atoms with Crippen molar-refractivity contribution >= 4 is 40.7 Å². The summed E-state index contributed by atoms with van der Waals surface area (Å²) in [7, 11) is 0. The van der Waals surface area contributed by atoms with Gasteiger partial charge in [-0.1, -0.05) is 17.7 Å². The number of halogens is 1. The van der Waals surface area contributed by atoms with E-state index in [0.29, 0.717) is 29.6 Å². The van der Waals surface area contributed by atoms with Crippen molar-refractivity contribution in [2.24, 2.45) is 0 Å². The Bertz CT molecular complexity index is 1090. The van der Waals surface area contributed by atoms with Crippen molar-refractivity contribution in [3.05, 3.63) is 56.6 Å². The van der Waals surface area contributed by atoms with Crippen LogP contribution in [0, 0.1) is 10.1 Å². The van der Waals surface area contributed by atoms with Crippen molar-refractivity contribution in [3.63, 3.8) is 0 Å². The van der Waals surface area contributed by atoms with Crippen LogP contribution in [0.15, 0.2) is 30.3 Å². The van der Waals surface area contributed by atoms with E-state index >= 15 is 0 Å². The first-order valence-corrected chi connectivity index (χ1v) is 8.77. The van der Waals surface area contributed by atoms with Gasteiger partial charge in [-0.05, 0) is 6.07 Å². The van der Waals surface area contributed by atoms with Crippen molar-refractivity contribution in [2.45, 2.75) is 0 Å². The number of carbonyl (C=O) groups is 3. The molecule has 2 aliphatic heterocycles. The van der Waals surface area contributed by atoms with Crippen molar-refractivity contribution < 1.29 is 28.8 Å². The second kappa shape index (κ2) is 7.06. The maximum absolute atomic E-state index is 12.5. The number of rotatable bonds is 4. The molecule has 2 aliphatic rings. The van der Waals surface area contributed by atoms with E-state index in [-0.39, 0.29) is 21.8 Å². The predicted octanol–water partition coefficient (Wildman–Crippen LogP) is 2.25. The summed E-state index contributed by atoms with van der Waals surface area (Å²) in [6.07, 6.45) is 0. The molecular weight excluding hydrogens is 406 g/mol. The van der Waals surface area contributed by atoms with Crippen molar-refractivity contribution in [2.75, 3.05) is 25.1 Å². The fraction of sp³-hybridized carbons (Fsp3) is 0.167. The Morgan fingerprint density at radius 3 is 2.55 bits per heavy atom. The molecular formula is C18H12ClN3O7. The number of imide groups is 1. The third-order valence-corrected chi connectivity index (χ3v) is 4.69. The summed E-state index contributed by atoms with van der Waals surface area (Å²) in [6, 6.07) is 6.69. The van der Waals surface area contributed by atoms with E-state index in [4.69, 9.17) is 21.1 Å². The Kier molecular flexibility index (Phi) is 4.55. The van der Waals surface area contributed by atoms with Gasteiger partial charge >= 0.3 is 0 Å². The number of carbonyl (C=O) groups excluding carboxylic acids is 3. The second-order valence-electron chi connectivity index (χ2n) is 6.18. The largest absolute Gasteiger partial charge is 0.486 e. The van der Waals surface area contributed by atoms with Crippen LogP contribution in [0.1, 0.15) is 20.7 Å². The minimum Gasteiger partial charge on any atom is -0.486 e. The molecule has 0 fully saturated rings. The molecule has 0 saturated heterocycles. The first-order chi connectivity index (χ1) is 13.9. The van der Waals surface area contributed by atoms with E-state index < -0.39 is 34.9 Å². The maximum atomic E-state index is 12.5. The molecule has 2 heterocycles. The van der Waals surface area contributed by atoms with E-state index in [1.54, 1.807) is 0 Å². The SMILES string of the molecule is O=C(CN1C(=O)c2cccc([N+](=O)[O-])c2C1=O)Nc1cc2c(cc1Cl)OCCO2. The summed E-state index contributed by atoms with van der Waals surface area (Å²) >= 11 is 6.14. The van der Waals surface area contributed by atoms with E-state index in [1.165, 1.54) is 24.3 Å². The van der Waals surface area contributed by atoms with Gasteiger partial charge in [-0.3, -0.25) is 29.4 Å². The number of fused-ring (bicyclic) bond motifs is 2. The fourth-order valence-electron chi connectivity index (χ4n) is 3.10. The van der Waals surface area contributed by atoms with Crippen LogP contribution < -0.4 is 14.8 Å². The van der Waals surface area contributed by atoms with E-state index in [2.05, 4.69) is 5.32 Å². The van der Waals surface area contributed by atoms with Gasteiger partial charge in [-0.25, -0.2) is 0 Å². The summed E-state index contributed by atoms with van der Waals surface area (Å²) < 4.78 is 10.8. The summed E-state index contributed by atoms with van der Waals surface area (Å²) in [5.74, 6) is -1.56. The smallest absolute Gasteiger partial charge is 0.282 e. The molecule has 29 heavy (non-hydrogen) atoms. The third kappa shape index (κ3) is 3.23. The molecule has 0 atom stereocenters. The molecule has 3 amide bonds. The van der Waals surface area contributed by atoms with Crippen LogP contribution in [0.4, 0.5) is 11.4 Å². The standard InChI is InChI=1S/C18H12ClN3O7/c19-10-6-13-14(29-5-4-28-13)7-11(10)20-15(23)8-21-17(24)9-2-1-3-12(22(26)27)16(9)18(21)25/h1-3,6-7H,4-5,8H2,(H,20,23). The van der Waals surface area contributed by atoms with Crippen LogP contribution in [-0.4, -0.2) is 47.3 Å². The van der Waals surface area contributed by atoms with Gasteiger partial charge in [0.25, 0.3) is 17.5 Å². The molecule has 10 nitrogen and oxygen atoms in total. The first-order valence-electron chi connectivity index (χ1n) is 8.39. The van der Waals surface area contributed by atoms with Crippen molar-refractivity contribution in [3.8, 4) is 11.5 Å². The maximum Gasteiger partial charge on any atom is 0.282 e. The zero-order valence-electron chi connectivity index (χ0n) is 14.6. The Labute approximate surface area is 168 Å². The highest BCUT2D eigenvalue weighted by Crippen LogP contribution is 2.38. The monoisotopic (exact) mass is 417 g/mol.